The minimum absolute atomic E-state index is 0.0407. The van der Waals surface area contributed by atoms with E-state index in [0.717, 1.165) is 0 Å². The van der Waals surface area contributed by atoms with E-state index in [0.29, 0.717) is 11.4 Å². The van der Waals surface area contributed by atoms with Crippen LogP contribution in [0, 0.1) is 0 Å². The number of carboxylic acid groups (broad SMARTS) is 1. The molecule has 0 rings (SSSR count). The van der Waals surface area contributed by atoms with Crippen molar-refractivity contribution in [2.24, 2.45) is 5.84 Å². The fourth-order valence-corrected chi connectivity index (χ4v) is 0.337. The third-order valence-electron chi connectivity index (χ3n) is 0.803. The summed E-state index contributed by atoms with van der Waals surface area (Å²) in [6, 6.07) is 0. The van der Waals surface area contributed by atoms with Crippen LogP contribution < -0.4 is 5.84 Å². The van der Waals surface area contributed by atoms with Crippen molar-refractivity contribution in [3.05, 3.63) is 0 Å². The fraction of sp³-hybridized carbons (Fsp3) is 0.750. The van der Waals surface area contributed by atoms with Crippen LogP contribution in [-0.4, -0.2) is 34.5 Å². The van der Waals surface area contributed by atoms with Crippen LogP contribution in [0.2, 0.25) is 0 Å². The highest BCUT2D eigenvalue weighted by molar-refractivity contribution is 5.63. The summed E-state index contributed by atoms with van der Waals surface area (Å²) >= 11 is 0. The normalized spacial score (nSPS) is 9.11. The zero-order valence-electron chi connectivity index (χ0n) is 4.95. The van der Waals surface area contributed by atoms with Crippen molar-refractivity contribution in [2.45, 2.75) is 6.42 Å². The van der Waals surface area contributed by atoms with E-state index in [2.05, 4.69) is 0 Å². The van der Waals surface area contributed by atoms with Crippen LogP contribution in [0.4, 0.5) is 4.79 Å². The molecule has 0 bridgehead atoms. The first kappa shape index (κ1) is 8.19. The molecule has 0 radical (unpaired) electrons. The smallest absolute Gasteiger partial charge is 0.421 e. The predicted molar refractivity (Wildman–Crippen MR) is 30.6 cm³/mol. The topological polar surface area (TPSA) is 86.8 Å². The van der Waals surface area contributed by atoms with E-state index < -0.39 is 6.09 Å². The molecule has 9 heavy (non-hydrogen) atoms. The van der Waals surface area contributed by atoms with Crippen molar-refractivity contribution in [1.82, 2.24) is 5.01 Å². The lowest BCUT2D eigenvalue weighted by Crippen LogP contribution is -2.37. The van der Waals surface area contributed by atoms with E-state index in [9.17, 15) is 4.79 Å². The SMILES string of the molecule is NN(CCCO)C(=O)O. The summed E-state index contributed by atoms with van der Waals surface area (Å²) in [6.45, 7) is 0.132. The molecule has 0 unspecified atom stereocenters. The first-order chi connectivity index (χ1) is 4.18. The standard InChI is InChI=1S/C4H10N2O3/c5-6(4(8)9)2-1-3-7/h7H,1-3,5H2,(H,8,9). The highest BCUT2D eigenvalue weighted by atomic mass is 16.4. The van der Waals surface area contributed by atoms with Gasteiger partial charge in [-0.25, -0.2) is 15.6 Å². The average Bonchev–Trinajstić information content (AvgIpc) is 1.82. The minimum Gasteiger partial charge on any atom is -0.464 e. The van der Waals surface area contributed by atoms with Gasteiger partial charge in [0.15, 0.2) is 0 Å². The van der Waals surface area contributed by atoms with Gasteiger partial charge in [0.2, 0.25) is 0 Å². The Hall–Kier alpha value is -0.810. The van der Waals surface area contributed by atoms with Gasteiger partial charge in [-0.2, -0.15) is 0 Å². The van der Waals surface area contributed by atoms with E-state index in [1.807, 2.05) is 0 Å². The molecule has 5 nitrogen and oxygen atoms in total. The highest BCUT2D eigenvalue weighted by Gasteiger charge is 2.02. The van der Waals surface area contributed by atoms with Crippen molar-refractivity contribution in [2.75, 3.05) is 13.2 Å². The number of carbonyl (C=O) groups is 1. The van der Waals surface area contributed by atoms with Gasteiger partial charge in [-0.15, -0.1) is 0 Å². The Morgan fingerprint density at radius 2 is 2.22 bits per heavy atom. The molecule has 0 aliphatic heterocycles. The van der Waals surface area contributed by atoms with E-state index in [1.165, 1.54) is 0 Å². The van der Waals surface area contributed by atoms with E-state index in [4.69, 9.17) is 16.1 Å². The summed E-state index contributed by atoms with van der Waals surface area (Å²) in [7, 11) is 0. The van der Waals surface area contributed by atoms with Gasteiger partial charge >= 0.3 is 6.09 Å². The van der Waals surface area contributed by atoms with Crippen LogP contribution in [0.25, 0.3) is 0 Å². The Kier molecular flexibility index (Phi) is 3.74. The molecule has 0 aliphatic rings. The molecule has 0 aromatic rings. The van der Waals surface area contributed by atoms with Crippen LogP contribution in [0.15, 0.2) is 0 Å². The minimum atomic E-state index is -1.18. The van der Waals surface area contributed by atoms with Crippen LogP contribution in [0.1, 0.15) is 6.42 Å². The van der Waals surface area contributed by atoms with Gasteiger partial charge in [0.1, 0.15) is 0 Å². The van der Waals surface area contributed by atoms with Crippen LogP contribution in [0.5, 0.6) is 0 Å². The van der Waals surface area contributed by atoms with Crippen molar-refractivity contribution in [3.63, 3.8) is 0 Å². The number of amides is 1. The summed E-state index contributed by atoms with van der Waals surface area (Å²) in [5.74, 6) is 4.93. The van der Waals surface area contributed by atoms with Crippen molar-refractivity contribution in [3.8, 4) is 0 Å². The predicted octanol–water partition coefficient (Wildman–Crippen LogP) is -0.777. The molecule has 0 spiro atoms. The number of hydrazine groups is 1. The number of hydrogen-bond acceptors (Lipinski definition) is 3. The van der Waals surface area contributed by atoms with Gasteiger partial charge in [0, 0.05) is 13.2 Å². The Balaban J connectivity index is 3.27. The maximum atomic E-state index is 9.92. The second-order valence-corrected chi connectivity index (χ2v) is 1.55. The number of nitrogens with two attached hydrogens (primary N) is 1. The third kappa shape index (κ3) is 3.75. The Bertz CT molecular complexity index is 95.8. The molecule has 0 atom stereocenters. The second kappa shape index (κ2) is 4.11. The molecule has 0 heterocycles. The van der Waals surface area contributed by atoms with E-state index >= 15 is 0 Å². The molecule has 0 aromatic carbocycles. The molecule has 5 heteroatoms. The van der Waals surface area contributed by atoms with Gasteiger partial charge in [-0.05, 0) is 6.42 Å². The lowest BCUT2D eigenvalue weighted by Gasteiger charge is -2.09. The van der Waals surface area contributed by atoms with Crippen molar-refractivity contribution >= 4 is 6.09 Å². The highest BCUT2D eigenvalue weighted by Crippen LogP contribution is 1.82. The lowest BCUT2D eigenvalue weighted by molar-refractivity contribution is 0.141. The largest absolute Gasteiger partial charge is 0.464 e. The third-order valence-corrected chi connectivity index (χ3v) is 0.803. The maximum absolute atomic E-state index is 9.92. The average molecular weight is 134 g/mol. The fourth-order valence-electron chi connectivity index (χ4n) is 0.337. The first-order valence-corrected chi connectivity index (χ1v) is 2.54. The second-order valence-electron chi connectivity index (χ2n) is 1.55. The zero-order chi connectivity index (χ0) is 7.28. The van der Waals surface area contributed by atoms with Crippen LogP contribution in [0.3, 0.4) is 0 Å². The van der Waals surface area contributed by atoms with Crippen molar-refractivity contribution < 1.29 is 15.0 Å². The summed E-state index contributed by atoms with van der Waals surface area (Å²) in [5, 5.41) is 17.0. The summed E-state index contributed by atoms with van der Waals surface area (Å²) in [5.41, 5.74) is 0. The quantitative estimate of drug-likeness (QED) is 0.268. The number of nitrogens with zero attached hydrogens (tertiary/aromatic N) is 1. The van der Waals surface area contributed by atoms with Gasteiger partial charge in [0.05, 0.1) is 0 Å². The number of aliphatic hydroxyl groups excluding tert-OH is 1. The Labute approximate surface area is 52.7 Å². The molecule has 54 valence electrons. The van der Waals surface area contributed by atoms with E-state index in [-0.39, 0.29) is 13.2 Å². The molecule has 4 N–H and O–H groups in total. The number of aliphatic hydroxyl groups is 1. The molecule has 1 amide bonds. The molecule has 0 aromatic heterocycles. The summed E-state index contributed by atoms with van der Waals surface area (Å²) in [6.07, 6.45) is -0.800. The molecular weight excluding hydrogens is 124 g/mol. The first-order valence-electron chi connectivity index (χ1n) is 2.54. The molecule has 0 saturated heterocycles. The maximum Gasteiger partial charge on any atom is 0.421 e. The Morgan fingerprint density at radius 3 is 2.56 bits per heavy atom. The van der Waals surface area contributed by atoms with Crippen LogP contribution >= 0.6 is 0 Å². The summed E-state index contributed by atoms with van der Waals surface area (Å²) < 4.78 is 0. The Morgan fingerprint density at radius 1 is 1.67 bits per heavy atom. The molecule has 0 saturated carbocycles. The summed E-state index contributed by atoms with van der Waals surface area (Å²) in [4.78, 5) is 9.92. The lowest BCUT2D eigenvalue weighted by atomic mass is 10.4. The zero-order valence-corrected chi connectivity index (χ0v) is 4.95. The molecular formula is C4H10N2O3. The van der Waals surface area contributed by atoms with Gasteiger partial charge in [-0.3, -0.25) is 0 Å². The van der Waals surface area contributed by atoms with Gasteiger partial charge in [0.25, 0.3) is 0 Å². The molecule has 0 fully saturated rings. The molecule has 0 aliphatic carbocycles. The van der Waals surface area contributed by atoms with Crippen molar-refractivity contribution in [1.29, 1.82) is 0 Å². The number of rotatable bonds is 3. The monoisotopic (exact) mass is 134 g/mol. The van der Waals surface area contributed by atoms with Gasteiger partial charge in [-0.1, -0.05) is 0 Å². The van der Waals surface area contributed by atoms with E-state index in [1.54, 1.807) is 0 Å². The number of hydrogen-bond donors (Lipinski definition) is 3. The van der Waals surface area contributed by atoms with Crippen LogP contribution in [-0.2, 0) is 0 Å². The van der Waals surface area contributed by atoms with Gasteiger partial charge < -0.3 is 10.2 Å².